The van der Waals surface area contributed by atoms with Gasteiger partial charge >= 0.3 is 0 Å². The van der Waals surface area contributed by atoms with Gasteiger partial charge in [-0.3, -0.25) is 0 Å². The summed E-state index contributed by atoms with van der Waals surface area (Å²) in [6.45, 7) is 6.41. The molecule has 1 fully saturated rings. The highest BCUT2D eigenvalue weighted by atomic mass is 35.5. The minimum atomic E-state index is 0.468. The number of halogens is 2. The maximum atomic E-state index is 6.33. The number of rotatable bonds is 4. The first kappa shape index (κ1) is 19.2. The number of nitrogens with one attached hydrogen (secondary N) is 1. The molecule has 0 radical (unpaired) electrons. The number of nitrogens with zero attached hydrogens (tertiary/aromatic N) is 1. The van der Waals surface area contributed by atoms with Gasteiger partial charge in [0.15, 0.2) is 0 Å². The van der Waals surface area contributed by atoms with E-state index >= 15 is 0 Å². The van der Waals surface area contributed by atoms with E-state index in [0.717, 1.165) is 33.5 Å². The first-order valence-corrected chi connectivity index (χ1v) is 10.5. The Balaban J connectivity index is 1.84. The average Bonchev–Trinajstić information content (AvgIpc) is 2.52. The van der Waals surface area contributed by atoms with Crippen LogP contribution in [0.1, 0.15) is 13.8 Å². The average molecular weight is 414 g/mol. The van der Waals surface area contributed by atoms with E-state index in [-0.39, 0.29) is 0 Å². The minimum absolute atomic E-state index is 0.468. The van der Waals surface area contributed by atoms with Crippen LogP contribution >= 0.6 is 46.9 Å². The lowest BCUT2D eigenvalue weighted by Gasteiger charge is -2.35. The molecule has 3 N–H and O–H groups in total. The Morgan fingerprint density at radius 2 is 1.72 bits per heavy atom. The lowest BCUT2D eigenvalue weighted by atomic mass is 10.2. The van der Waals surface area contributed by atoms with Crippen molar-refractivity contribution < 1.29 is 0 Å². The molecule has 134 valence electrons. The Bertz CT molecular complexity index is 747. The van der Waals surface area contributed by atoms with Gasteiger partial charge in [0.25, 0.3) is 0 Å². The minimum Gasteiger partial charge on any atom is -0.399 e. The fraction of sp³-hybridized carbons (Fsp3) is 0.333. The number of benzene rings is 2. The number of anilines is 1. The molecule has 1 aliphatic heterocycles. The van der Waals surface area contributed by atoms with Crippen LogP contribution in [0.15, 0.2) is 51.1 Å². The van der Waals surface area contributed by atoms with Crippen LogP contribution in [0.25, 0.3) is 0 Å². The quantitative estimate of drug-likeness (QED) is 0.517. The van der Waals surface area contributed by atoms with Crippen LogP contribution in [-0.2, 0) is 0 Å². The molecule has 2 aromatic rings. The molecule has 0 bridgehead atoms. The molecule has 25 heavy (non-hydrogen) atoms. The number of hydrogen-bond donors (Lipinski definition) is 2. The molecule has 0 saturated carbocycles. The summed E-state index contributed by atoms with van der Waals surface area (Å²) in [7, 11) is 0. The molecule has 2 aromatic carbocycles. The predicted octanol–water partition coefficient (Wildman–Crippen LogP) is 5.42. The lowest BCUT2D eigenvalue weighted by Crippen LogP contribution is -2.51. The van der Waals surface area contributed by atoms with E-state index < -0.39 is 0 Å². The monoisotopic (exact) mass is 413 g/mol. The van der Waals surface area contributed by atoms with Gasteiger partial charge in [0.05, 0.1) is 5.02 Å². The van der Waals surface area contributed by atoms with Crippen LogP contribution < -0.4 is 11.1 Å². The molecular weight excluding hydrogens is 393 g/mol. The second-order valence-electron chi connectivity index (χ2n) is 6.29. The van der Waals surface area contributed by atoms with Gasteiger partial charge in [-0.05, 0) is 62.2 Å². The van der Waals surface area contributed by atoms with E-state index in [9.17, 15) is 0 Å². The van der Waals surface area contributed by atoms with Gasteiger partial charge in [0.1, 0.15) is 0 Å². The molecular formula is C18H21Cl2N3S2. The molecule has 1 saturated heterocycles. The summed E-state index contributed by atoms with van der Waals surface area (Å²) in [6, 6.07) is 12.5. The number of piperazine rings is 1. The van der Waals surface area contributed by atoms with Gasteiger partial charge in [-0.25, -0.2) is 4.31 Å². The van der Waals surface area contributed by atoms with E-state index in [2.05, 4.69) is 29.5 Å². The molecule has 0 aliphatic carbocycles. The van der Waals surface area contributed by atoms with E-state index in [1.54, 1.807) is 29.8 Å². The maximum absolute atomic E-state index is 6.33. The Morgan fingerprint density at radius 3 is 2.44 bits per heavy atom. The second-order valence-corrected chi connectivity index (χ2v) is 9.36. The third-order valence-corrected chi connectivity index (χ3v) is 6.86. The highest BCUT2D eigenvalue weighted by Crippen LogP contribution is 2.41. The molecule has 3 nitrogen and oxygen atoms in total. The van der Waals surface area contributed by atoms with Gasteiger partial charge in [-0.1, -0.05) is 35.0 Å². The summed E-state index contributed by atoms with van der Waals surface area (Å²) >= 11 is 15.8. The third kappa shape index (κ3) is 5.22. The zero-order chi connectivity index (χ0) is 18.0. The summed E-state index contributed by atoms with van der Waals surface area (Å²) in [5.74, 6) is 0. The largest absolute Gasteiger partial charge is 0.399 e. The van der Waals surface area contributed by atoms with E-state index in [0.29, 0.717) is 22.1 Å². The Morgan fingerprint density at radius 1 is 1.00 bits per heavy atom. The van der Waals surface area contributed by atoms with Crippen molar-refractivity contribution in [3.63, 3.8) is 0 Å². The summed E-state index contributed by atoms with van der Waals surface area (Å²) in [5.41, 5.74) is 6.80. The summed E-state index contributed by atoms with van der Waals surface area (Å²) in [6.07, 6.45) is 0. The van der Waals surface area contributed by atoms with E-state index in [4.69, 9.17) is 28.9 Å². The molecule has 1 aliphatic rings. The Kier molecular flexibility index (Phi) is 6.47. The molecule has 3 rings (SSSR count). The summed E-state index contributed by atoms with van der Waals surface area (Å²) < 4.78 is 2.39. The van der Waals surface area contributed by atoms with Crippen molar-refractivity contribution in [3.8, 4) is 0 Å². The highest BCUT2D eigenvalue weighted by molar-refractivity contribution is 8.01. The van der Waals surface area contributed by atoms with Gasteiger partial charge in [-0.15, -0.1) is 0 Å². The van der Waals surface area contributed by atoms with Crippen LogP contribution in [0.5, 0.6) is 0 Å². The molecule has 0 amide bonds. The normalized spacial score (nSPS) is 21.4. The Labute approximate surface area is 167 Å². The third-order valence-electron chi connectivity index (χ3n) is 3.83. The van der Waals surface area contributed by atoms with Gasteiger partial charge < -0.3 is 11.1 Å². The highest BCUT2D eigenvalue weighted by Gasteiger charge is 2.22. The van der Waals surface area contributed by atoms with Crippen molar-refractivity contribution in [2.75, 3.05) is 18.8 Å². The second kappa shape index (κ2) is 8.42. The van der Waals surface area contributed by atoms with Gasteiger partial charge in [0, 0.05) is 50.6 Å². The predicted molar refractivity (Wildman–Crippen MR) is 111 cm³/mol. The molecule has 0 spiro atoms. The van der Waals surface area contributed by atoms with Crippen molar-refractivity contribution in [3.05, 3.63) is 46.4 Å². The zero-order valence-corrected chi connectivity index (χ0v) is 17.3. The SMILES string of the molecule is CC1CN(Sc2cc(N)ccc2Sc2cc(Cl)ccc2Cl)CC(C)N1. The molecule has 2 atom stereocenters. The fourth-order valence-electron chi connectivity index (χ4n) is 2.84. The maximum Gasteiger partial charge on any atom is 0.0546 e. The van der Waals surface area contributed by atoms with Crippen LogP contribution in [-0.4, -0.2) is 29.5 Å². The van der Waals surface area contributed by atoms with E-state index in [1.165, 1.54) is 0 Å². The zero-order valence-electron chi connectivity index (χ0n) is 14.1. The van der Waals surface area contributed by atoms with Crippen molar-refractivity contribution in [2.24, 2.45) is 0 Å². The molecule has 7 heteroatoms. The van der Waals surface area contributed by atoms with Gasteiger partial charge in [-0.2, -0.15) is 0 Å². The van der Waals surface area contributed by atoms with Crippen molar-refractivity contribution in [2.45, 2.75) is 40.6 Å². The summed E-state index contributed by atoms with van der Waals surface area (Å²) in [4.78, 5) is 3.22. The molecule has 0 aromatic heterocycles. The standard InChI is InChI=1S/C18H21Cl2N3S2/c1-11-9-23(10-12(2)22-11)25-18-8-14(21)4-6-16(18)24-17-7-13(19)3-5-15(17)20/h3-8,11-12,22H,9-10,21H2,1-2H3. The fourth-order valence-corrected chi connectivity index (χ4v) is 5.66. The van der Waals surface area contributed by atoms with Crippen LogP contribution in [0.4, 0.5) is 5.69 Å². The van der Waals surface area contributed by atoms with E-state index in [1.807, 2.05) is 24.3 Å². The van der Waals surface area contributed by atoms with Crippen LogP contribution in [0.3, 0.4) is 0 Å². The number of nitrogen functional groups attached to an aromatic ring is 1. The van der Waals surface area contributed by atoms with Crippen molar-refractivity contribution in [1.29, 1.82) is 0 Å². The lowest BCUT2D eigenvalue weighted by molar-refractivity contribution is 0.280. The molecule has 1 heterocycles. The topological polar surface area (TPSA) is 41.3 Å². The first-order valence-electron chi connectivity index (χ1n) is 8.12. The van der Waals surface area contributed by atoms with Crippen molar-refractivity contribution in [1.82, 2.24) is 9.62 Å². The smallest absolute Gasteiger partial charge is 0.0546 e. The van der Waals surface area contributed by atoms with Crippen molar-refractivity contribution >= 4 is 52.6 Å². The number of nitrogens with two attached hydrogens (primary N) is 1. The van der Waals surface area contributed by atoms with Crippen LogP contribution in [0.2, 0.25) is 10.0 Å². The number of hydrogen-bond acceptors (Lipinski definition) is 5. The Hall–Kier alpha value is -0.560. The summed E-state index contributed by atoms with van der Waals surface area (Å²) in [5, 5.41) is 4.94. The van der Waals surface area contributed by atoms with Crippen LogP contribution in [0, 0.1) is 0 Å². The first-order chi connectivity index (χ1) is 11.9. The molecule has 2 unspecified atom stereocenters. The van der Waals surface area contributed by atoms with Gasteiger partial charge in [0.2, 0.25) is 0 Å².